The molecule has 0 saturated carbocycles. The molecule has 0 spiro atoms. The summed E-state index contributed by atoms with van der Waals surface area (Å²) in [4.78, 5) is 24.5. The molecule has 2 amide bonds. The minimum Gasteiger partial charge on any atom is -0.496 e. The highest BCUT2D eigenvalue weighted by Gasteiger charge is 2.12. The van der Waals surface area contributed by atoms with Crippen LogP contribution in [0.5, 0.6) is 11.5 Å². The van der Waals surface area contributed by atoms with Gasteiger partial charge in [0.2, 0.25) is 0 Å². The zero-order valence-electron chi connectivity index (χ0n) is 15.0. The maximum Gasteiger partial charge on any atom is 0.269 e. The Morgan fingerprint density at radius 3 is 2.29 bits per heavy atom. The molecule has 0 aliphatic rings. The number of nitrogens with one attached hydrogen (secondary N) is 3. The first-order valence-corrected chi connectivity index (χ1v) is 10.3. The Hall–Kier alpha value is -1.92. The zero-order valence-corrected chi connectivity index (χ0v) is 19.5. The molecule has 0 aromatic heterocycles. The van der Waals surface area contributed by atoms with E-state index in [-0.39, 0.29) is 5.11 Å². The fourth-order valence-corrected chi connectivity index (χ4v) is 3.49. The largest absolute Gasteiger partial charge is 0.496 e. The number of hydrogen-bond acceptors (Lipinski definition) is 5. The van der Waals surface area contributed by atoms with Crippen LogP contribution < -0.4 is 25.6 Å². The molecule has 28 heavy (non-hydrogen) atoms. The van der Waals surface area contributed by atoms with Crippen molar-refractivity contribution in [2.24, 2.45) is 0 Å². The summed E-state index contributed by atoms with van der Waals surface area (Å²) in [5.41, 5.74) is 5.75. The molecule has 2 aromatic rings. The zero-order chi connectivity index (χ0) is 20.7. The van der Waals surface area contributed by atoms with Gasteiger partial charge >= 0.3 is 0 Å². The van der Waals surface area contributed by atoms with Crippen LogP contribution in [0.15, 0.2) is 40.9 Å². The number of benzene rings is 2. The Balaban J connectivity index is 1.91. The first-order chi connectivity index (χ1) is 13.3. The molecule has 0 aliphatic heterocycles. The highest BCUT2D eigenvalue weighted by molar-refractivity contribution is 14.1. The fraction of sp³-hybridized carbons (Fsp3) is 0.167. The Kier molecular flexibility index (Phi) is 8.45. The van der Waals surface area contributed by atoms with Crippen LogP contribution in [0.1, 0.15) is 27.6 Å². The first-order valence-electron chi connectivity index (χ1n) is 8.03. The van der Waals surface area contributed by atoms with E-state index >= 15 is 0 Å². The number of hydrogen-bond donors (Lipinski definition) is 3. The van der Waals surface area contributed by atoms with Gasteiger partial charge in [-0.1, -0.05) is 0 Å². The molecule has 0 radical (unpaired) electrons. The number of methoxy groups -OCH3 is 1. The van der Waals surface area contributed by atoms with Gasteiger partial charge in [-0.2, -0.15) is 0 Å². The Morgan fingerprint density at radius 1 is 1.07 bits per heavy atom. The van der Waals surface area contributed by atoms with Crippen molar-refractivity contribution in [1.82, 2.24) is 16.2 Å². The van der Waals surface area contributed by atoms with E-state index in [1.165, 1.54) is 0 Å². The third kappa shape index (κ3) is 6.04. The molecule has 0 bridgehead atoms. The van der Waals surface area contributed by atoms with E-state index in [4.69, 9.17) is 21.7 Å². The summed E-state index contributed by atoms with van der Waals surface area (Å²) in [7, 11) is 1.56. The summed E-state index contributed by atoms with van der Waals surface area (Å²) >= 11 is 10.5. The topological polar surface area (TPSA) is 88.7 Å². The summed E-state index contributed by atoms with van der Waals surface area (Å²) in [5.74, 6) is 0.492. The van der Waals surface area contributed by atoms with Crippen LogP contribution in [-0.2, 0) is 0 Å². The predicted octanol–water partition coefficient (Wildman–Crippen LogP) is 3.41. The Morgan fingerprint density at radius 2 is 1.71 bits per heavy atom. The van der Waals surface area contributed by atoms with E-state index in [1.54, 1.807) is 43.5 Å². The molecule has 10 heteroatoms. The van der Waals surface area contributed by atoms with Gasteiger partial charge in [0.05, 0.1) is 21.8 Å². The number of rotatable bonds is 5. The monoisotopic (exact) mass is 577 g/mol. The van der Waals surface area contributed by atoms with E-state index in [1.807, 2.05) is 6.92 Å². The molecule has 0 unspecified atom stereocenters. The summed E-state index contributed by atoms with van der Waals surface area (Å²) in [6.45, 7) is 2.39. The van der Waals surface area contributed by atoms with Crippen molar-refractivity contribution in [1.29, 1.82) is 0 Å². The minimum absolute atomic E-state index is 0.0356. The van der Waals surface area contributed by atoms with Crippen molar-refractivity contribution in [2.75, 3.05) is 13.7 Å². The number of ether oxygens (including phenoxy) is 2. The highest BCUT2D eigenvalue weighted by Crippen LogP contribution is 2.26. The molecule has 3 N–H and O–H groups in total. The van der Waals surface area contributed by atoms with Gasteiger partial charge in [0.25, 0.3) is 11.8 Å². The average molecular weight is 578 g/mol. The molecule has 148 valence electrons. The number of halogens is 2. The molecule has 0 saturated heterocycles. The lowest BCUT2D eigenvalue weighted by molar-refractivity contribution is 0.0934. The van der Waals surface area contributed by atoms with Crippen LogP contribution in [-0.4, -0.2) is 30.6 Å². The third-order valence-corrected chi connectivity index (χ3v) is 5.09. The standard InChI is InChI=1S/C18H17BrIN3O4S/c1-3-27-14-6-4-10(8-12(14)19)16(24)21-18(28)23-22-17(25)11-5-7-15(26-2)13(20)9-11/h4-9H,3H2,1-2H3,(H,22,25)(H2,21,23,24,28). The quantitative estimate of drug-likeness (QED) is 0.287. The molecule has 0 heterocycles. The lowest BCUT2D eigenvalue weighted by atomic mass is 10.2. The van der Waals surface area contributed by atoms with Gasteiger partial charge in [-0.05, 0) is 94.1 Å². The Labute approximate surface area is 189 Å². The first kappa shape index (κ1) is 22.4. The number of carbonyl (C=O) groups is 2. The van der Waals surface area contributed by atoms with Gasteiger partial charge in [0.1, 0.15) is 11.5 Å². The van der Waals surface area contributed by atoms with Gasteiger partial charge in [0.15, 0.2) is 5.11 Å². The second kappa shape index (κ2) is 10.6. The number of amides is 2. The smallest absolute Gasteiger partial charge is 0.269 e. The van der Waals surface area contributed by atoms with E-state index in [0.717, 1.165) is 3.57 Å². The second-order valence-electron chi connectivity index (χ2n) is 5.29. The second-order valence-corrected chi connectivity index (χ2v) is 7.71. The van der Waals surface area contributed by atoms with Crippen LogP contribution in [0.4, 0.5) is 0 Å². The summed E-state index contributed by atoms with van der Waals surface area (Å²) in [6.07, 6.45) is 0. The number of carbonyl (C=O) groups excluding carboxylic acids is 2. The van der Waals surface area contributed by atoms with E-state index in [0.29, 0.717) is 33.7 Å². The van der Waals surface area contributed by atoms with Crippen molar-refractivity contribution in [3.8, 4) is 11.5 Å². The normalized spacial score (nSPS) is 10.0. The molecule has 0 atom stereocenters. The van der Waals surface area contributed by atoms with Gasteiger partial charge in [-0.15, -0.1) is 0 Å². The maximum absolute atomic E-state index is 12.3. The molecular weight excluding hydrogens is 561 g/mol. The predicted molar refractivity (Wildman–Crippen MR) is 122 cm³/mol. The lowest BCUT2D eigenvalue weighted by Gasteiger charge is -2.12. The van der Waals surface area contributed by atoms with Crippen LogP contribution in [0, 0.1) is 3.57 Å². The van der Waals surface area contributed by atoms with Gasteiger partial charge < -0.3 is 9.47 Å². The van der Waals surface area contributed by atoms with Crippen LogP contribution in [0.25, 0.3) is 0 Å². The van der Waals surface area contributed by atoms with Crippen LogP contribution in [0.3, 0.4) is 0 Å². The summed E-state index contributed by atoms with van der Waals surface area (Å²) in [5, 5.41) is 2.46. The Bertz CT molecular complexity index is 910. The van der Waals surface area contributed by atoms with E-state index in [9.17, 15) is 9.59 Å². The molecule has 2 rings (SSSR count). The van der Waals surface area contributed by atoms with Crippen LogP contribution >= 0.6 is 50.7 Å². The minimum atomic E-state index is -0.422. The van der Waals surface area contributed by atoms with Crippen molar-refractivity contribution in [2.45, 2.75) is 6.92 Å². The van der Waals surface area contributed by atoms with Crippen LogP contribution in [0.2, 0.25) is 0 Å². The summed E-state index contributed by atoms with van der Waals surface area (Å²) in [6, 6.07) is 9.92. The fourth-order valence-electron chi connectivity index (χ4n) is 2.11. The SMILES string of the molecule is CCOc1ccc(C(=O)NC(=S)NNC(=O)c2ccc(OC)c(I)c2)cc1Br. The number of hydrazine groups is 1. The molecule has 0 aliphatic carbocycles. The molecule has 2 aromatic carbocycles. The van der Waals surface area contributed by atoms with Gasteiger partial charge in [-0.3, -0.25) is 25.8 Å². The number of thiocarbonyl (C=S) groups is 1. The highest BCUT2D eigenvalue weighted by atomic mass is 127. The van der Waals surface area contributed by atoms with Crippen molar-refractivity contribution in [3.63, 3.8) is 0 Å². The molecular formula is C18H17BrIN3O4S. The molecule has 0 fully saturated rings. The molecule has 7 nitrogen and oxygen atoms in total. The van der Waals surface area contributed by atoms with E-state index in [2.05, 4.69) is 54.7 Å². The maximum atomic E-state index is 12.3. The third-order valence-electron chi connectivity index (χ3n) is 3.42. The van der Waals surface area contributed by atoms with Crippen molar-refractivity contribution in [3.05, 3.63) is 55.6 Å². The summed E-state index contributed by atoms with van der Waals surface area (Å²) < 4.78 is 12.0. The van der Waals surface area contributed by atoms with E-state index < -0.39 is 11.8 Å². The van der Waals surface area contributed by atoms with Gasteiger partial charge in [-0.25, -0.2) is 0 Å². The van der Waals surface area contributed by atoms with Gasteiger partial charge in [0, 0.05) is 11.1 Å². The van der Waals surface area contributed by atoms with Crippen molar-refractivity contribution >= 4 is 67.7 Å². The van der Waals surface area contributed by atoms with Crippen molar-refractivity contribution < 1.29 is 19.1 Å². The average Bonchev–Trinajstić information content (AvgIpc) is 2.67. The lowest BCUT2D eigenvalue weighted by Crippen LogP contribution is -2.48.